The van der Waals surface area contributed by atoms with E-state index in [-0.39, 0.29) is 11.7 Å². The van der Waals surface area contributed by atoms with Crippen molar-refractivity contribution in [2.75, 3.05) is 7.05 Å². The van der Waals surface area contributed by atoms with Crippen molar-refractivity contribution in [3.63, 3.8) is 0 Å². The molecule has 0 amide bonds. The van der Waals surface area contributed by atoms with E-state index in [1.54, 1.807) is 6.20 Å². The molecule has 2 bridgehead atoms. The average Bonchev–Trinajstić information content (AvgIpc) is 2.38. The van der Waals surface area contributed by atoms with Gasteiger partial charge in [-0.15, -0.1) is 0 Å². The van der Waals surface area contributed by atoms with Crippen molar-refractivity contribution in [1.82, 2.24) is 9.88 Å². The summed E-state index contributed by atoms with van der Waals surface area (Å²) in [5.74, 6) is 0.437. The van der Waals surface area contributed by atoms with E-state index >= 15 is 0 Å². The number of hydrogen-bond donors (Lipinski definition) is 0. The highest BCUT2D eigenvalue weighted by Gasteiger charge is 2.38. The predicted octanol–water partition coefficient (Wildman–Crippen LogP) is 2.53. The minimum absolute atomic E-state index is 0.186. The highest BCUT2D eigenvalue weighted by molar-refractivity contribution is 5.96. The van der Waals surface area contributed by atoms with Gasteiger partial charge in [-0.1, -0.05) is 12.5 Å². The van der Waals surface area contributed by atoms with Gasteiger partial charge in [0.25, 0.3) is 0 Å². The molecule has 0 N–H and O–H groups in total. The van der Waals surface area contributed by atoms with Gasteiger partial charge in [0.1, 0.15) is 5.69 Å². The van der Waals surface area contributed by atoms with Crippen LogP contribution in [0.1, 0.15) is 42.6 Å². The number of nitrogens with zero attached hydrogens (tertiary/aromatic N) is 2. The lowest BCUT2D eigenvalue weighted by Crippen LogP contribution is -2.51. The van der Waals surface area contributed by atoms with Crippen LogP contribution >= 0.6 is 0 Å². The lowest BCUT2D eigenvalue weighted by Gasteiger charge is -2.46. The molecule has 2 unspecified atom stereocenters. The molecule has 3 nitrogen and oxygen atoms in total. The topological polar surface area (TPSA) is 33.2 Å². The Morgan fingerprint density at radius 1 is 1.28 bits per heavy atom. The molecule has 1 aromatic rings. The fourth-order valence-corrected chi connectivity index (χ4v) is 3.55. The highest BCUT2D eigenvalue weighted by atomic mass is 16.1. The molecule has 0 radical (unpaired) electrons. The molecule has 2 saturated heterocycles. The zero-order valence-corrected chi connectivity index (χ0v) is 10.9. The number of piperidine rings is 2. The third-order valence-corrected chi connectivity index (χ3v) is 4.63. The number of pyridine rings is 1. The van der Waals surface area contributed by atoms with Crippen LogP contribution < -0.4 is 0 Å². The molecular weight excluding hydrogens is 224 g/mol. The van der Waals surface area contributed by atoms with Crippen LogP contribution in [-0.4, -0.2) is 34.8 Å². The summed E-state index contributed by atoms with van der Waals surface area (Å²) in [6, 6.07) is 6.82. The second kappa shape index (κ2) is 4.81. The summed E-state index contributed by atoms with van der Waals surface area (Å²) in [6.45, 7) is 0. The van der Waals surface area contributed by atoms with Gasteiger partial charge < -0.3 is 4.90 Å². The fourth-order valence-electron chi connectivity index (χ4n) is 3.55. The van der Waals surface area contributed by atoms with Crippen molar-refractivity contribution in [3.05, 3.63) is 30.1 Å². The molecule has 3 heteroatoms. The molecule has 0 saturated carbocycles. The first-order chi connectivity index (χ1) is 8.75. The van der Waals surface area contributed by atoms with Gasteiger partial charge in [0.15, 0.2) is 5.78 Å². The molecule has 0 aromatic carbocycles. The molecule has 3 rings (SSSR count). The number of ketones is 1. The van der Waals surface area contributed by atoms with E-state index < -0.39 is 0 Å². The minimum atomic E-state index is 0.186. The van der Waals surface area contributed by atoms with Gasteiger partial charge in [0.05, 0.1) is 0 Å². The number of hydrogen-bond acceptors (Lipinski definition) is 3. The van der Waals surface area contributed by atoms with Gasteiger partial charge >= 0.3 is 0 Å². The Hall–Kier alpha value is -1.22. The van der Waals surface area contributed by atoms with E-state index in [1.807, 2.05) is 18.2 Å². The van der Waals surface area contributed by atoms with Gasteiger partial charge in [0, 0.05) is 24.2 Å². The third-order valence-electron chi connectivity index (χ3n) is 4.63. The van der Waals surface area contributed by atoms with Gasteiger partial charge in [-0.25, -0.2) is 0 Å². The normalized spacial score (nSPS) is 32.2. The SMILES string of the molecule is CN1C2CCCC1CC(C(=O)c1ccccn1)C2. The van der Waals surface area contributed by atoms with Crippen LogP contribution in [0.2, 0.25) is 0 Å². The van der Waals surface area contributed by atoms with E-state index in [4.69, 9.17) is 0 Å². The van der Waals surface area contributed by atoms with Crippen molar-refractivity contribution in [1.29, 1.82) is 0 Å². The third kappa shape index (κ3) is 2.07. The summed E-state index contributed by atoms with van der Waals surface area (Å²) in [5, 5.41) is 0. The Balaban J connectivity index is 1.76. The second-order valence-electron chi connectivity index (χ2n) is 5.65. The van der Waals surface area contributed by atoms with E-state index in [0.29, 0.717) is 17.8 Å². The maximum absolute atomic E-state index is 12.5. The molecule has 18 heavy (non-hydrogen) atoms. The van der Waals surface area contributed by atoms with Crippen LogP contribution in [-0.2, 0) is 0 Å². The van der Waals surface area contributed by atoms with Crippen molar-refractivity contribution in [3.8, 4) is 0 Å². The van der Waals surface area contributed by atoms with Crippen LogP contribution in [0.25, 0.3) is 0 Å². The van der Waals surface area contributed by atoms with Crippen LogP contribution in [0.15, 0.2) is 24.4 Å². The molecule has 0 spiro atoms. The van der Waals surface area contributed by atoms with Gasteiger partial charge in [-0.05, 0) is 44.9 Å². The molecule has 1 aromatic heterocycles. The number of Topliss-reactive ketones (excluding diaryl/α,β-unsaturated/α-hetero) is 1. The molecule has 0 aliphatic carbocycles. The summed E-state index contributed by atoms with van der Waals surface area (Å²) in [4.78, 5) is 19.2. The Kier molecular flexibility index (Phi) is 3.16. The summed E-state index contributed by atoms with van der Waals surface area (Å²) >= 11 is 0. The number of rotatable bonds is 2. The first kappa shape index (κ1) is 11.8. The predicted molar refractivity (Wildman–Crippen MR) is 70.5 cm³/mol. The first-order valence-corrected chi connectivity index (χ1v) is 6.93. The lowest BCUT2D eigenvalue weighted by molar-refractivity contribution is 0.0336. The summed E-state index contributed by atoms with van der Waals surface area (Å²) in [6.07, 6.45) is 7.57. The molecule has 3 heterocycles. The monoisotopic (exact) mass is 244 g/mol. The van der Waals surface area contributed by atoms with Crippen LogP contribution in [0, 0.1) is 5.92 Å². The Labute approximate surface area is 108 Å². The molecule has 2 aliphatic heterocycles. The van der Waals surface area contributed by atoms with Crippen molar-refractivity contribution < 1.29 is 4.79 Å². The highest BCUT2D eigenvalue weighted by Crippen LogP contribution is 2.36. The second-order valence-corrected chi connectivity index (χ2v) is 5.65. The lowest BCUT2D eigenvalue weighted by atomic mass is 9.76. The molecule has 2 atom stereocenters. The minimum Gasteiger partial charge on any atom is -0.300 e. The molecule has 96 valence electrons. The van der Waals surface area contributed by atoms with Gasteiger partial charge in [0.2, 0.25) is 0 Å². The van der Waals surface area contributed by atoms with Crippen molar-refractivity contribution in [2.24, 2.45) is 5.92 Å². The van der Waals surface area contributed by atoms with E-state index in [9.17, 15) is 4.79 Å². The van der Waals surface area contributed by atoms with Gasteiger partial charge in [-0.2, -0.15) is 0 Å². The maximum Gasteiger partial charge on any atom is 0.184 e. The zero-order chi connectivity index (χ0) is 12.5. The quantitative estimate of drug-likeness (QED) is 0.750. The van der Waals surface area contributed by atoms with E-state index in [2.05, 4.69) is 16.9 Å². The first-order valence-electron chi connectivity index (χ1n) is 6.93. The van der Waals surface area contributed by atoms with E-state index in [0.717, 1.165) is 12.8 Å². The standard InChI is InChI=1S/C15H20N2O/c1-17-12-5-4-6-13(17)10-11(9-12)15(18)14-7-2-3-8-16-14/h2-3,7-8,11-13H,4-6,9-10H2,1H3. The summed E-state index contributed by atoms with van der Waals surface area (Å²) < 4.78 is 0. The molecule has 2 aliphatic rings. The number of aromatic nitrogens is 1. The van der Waals surface area contributed by atoms with Crippen molar-refractivity contribution in [2.45, 2.75) is 44.2 Å². The molecule has 2 fully saturated rings. The molecular formula is C15H20N2O. The summed E-state index contributed by atoms with van der Waals surface area (Å²) in [5.41, 5.74) is 0.644. The number of carbonyl (C=O) groups excluding carboxylic acids is 1. The van der Waals surface area contributed by atoms with Gasteiger partial charge in [-0.3, -0.25) is 9.78 Å². The Morgan fingerprint density at radius 2 is 2.00 bits per heavy atom. The van der Waals surface area contributed by atoms with Crippen LogP contribution in [0.4, 0.5) is 0 Å². The zero-order valence-electron chi connectivity index (χ0n) is 10.9. The summed E-state index contributed by atoms with van der Waals surface area (Å²) in [7, 11) is 2.22. The Morgan fingerprint density at radius 3 is 2.61 bits per heavy atom. The smallest absolute Gasteiger partial charge is 0.184 e. The largest absolute Gasteiger partial charge is 0.300 e. The number of carbonyl (C=O) groups is 1. The van der Waals surface area contributed by atoms with Crippen LogP contribution in [0.5, 0.6) is 0 Å². The van der Waals surface area contributed by atoms with Crippen molar-refractivity contribution >= 4 is 5.78 Å². The maximum atomic E-state index is 12.5. The van der Waals surface area contributed by atoms with E-state index in [1.165, 1.54) is 19.3 Å². The Bertz CT molecular complexity index is 417. The fraction of sp³-hybridized carbons (Fsp3) is 0.600. The average molecular weight is 244 g/mol. The number of fused-ring (bicyclic) bond motifs is 2. The van der Waals surface area contributed by atoms with Crippen LogP contribution in [0.3, 0.4) is 0 Å².